The summed E-state index contributed by atoms with van der Waals surface area (Å²) < 4.78 is 13.1. The van der Waals surface area contributed by atoms with Crippen molar-refractivity contribution in [2.24, 2.45) is 0 Å². The summed E-state index contributed by atoms with van der Waals surface area (Å²) in [6, 6.07) is 16.0. The molecule has 5 heteroatoms. The Balaban J connectivity index is 1.47. The Kier molecular flexibility index (Phi) is 4.88. The van der Waals surface area contributed by atoms with Gasteiger partial charge in [-0.2, -0.15) is 0 Å². The predicted molar refractivity (Wildman–Crippen MR) is 88.7 cm³/mol. The van der Waals surface area contributed by atoms with Crippen LogP contribution in [0, 0.1) is 5.82 Å². The van der Waals surface area contributed by atoms with Crippen molar-refractivity contribution in [3.63, 3.8) is 0 Å². The largest absolute Gasteiger partial charge is 0.334 e. The fraction of sp³-hybridized carbons (Fsp3) is 0.278. The van der Waals surface area contributed by atoms with Crippen molar-refractivity contribution in [3.05, 3.63) is 66.0 Å². The van der Waals surface area contributed by atoms with Gasteiger partial charge in [0, 0.05) is 31.4 Å². The lowest BCUT2D eigenvalue weighted by atomic mass is 10.2. The van der Waals surface area contributed by atoms with Crippen LogP contribution < -0.4 is 10.6 Å². The Morgan fingerprint density at radius 3 is 2.78 bits per heavy atom. The maximum Gasteiger partial charge on any atom is 0.319 e. The first kappa shape index (κ1) is 15.5. The van der Waals surface area contributed by atoms with Gasteiger partial charge in [0.05, 0.1) is 0 Å². The number of likely N-dealkylation sites (tertiary alicyclic amines) is 1. The van der Waals surface area contributed by atoms with Crippen molar-refractivity contribution in [1.82, 2.24) is 10.2 Å². The molecule has 1 aliphatic rings. The van der Waals surface area contributed by atoms with Gasteiger partial charge in [0.1, 0.15) is 5.82 Å². The van der Waals surface area contributed by atoms with Gasteiger partial charge in [-0.25, -0.2) is 9.18 Å². The van der Waals surface area contributed by atoms with E-state index < -0.39 is 0 Å². The van der Waals surface area contributed by atoms with Crippen LogP contribution in [0.3, 0.4) is 0 Å². The second-order valence-corrected chi connectivity index (χ2v) is 5.82. The van der Waals surface area contributed by atoms with Crippen LogP contribution in [0.25, 0.3) is 0 Å². The summed E-state index contributed by atoms with van der Waals surface area (Å²) in [4.78, 5) is 14.3. The average molecular weight is 313 g/mol. The number of halogens is 1. The van der Waals surface area contributed by atoms with E-state index in [1.807, 2.05) is 18.2 Å². The summed E-state index contributed by atoms with van der Waals surface area (Å²) in [5.41, 5.74) is 1.74. The van der Waals surface area contributed by atoms with Crippen LogP contribution in [0.5, 0.6) is 0 Å². The molecule has 1 atom stereocenters. The summed E-state index contributed by atoms with van der Waals surface area (Å²) in [6.45, 7) is 2.68. The van der Waals surface area contributed by atoms with E-state index in [2.05, 4.69) is 27.7 Å². The lowest BCUT2D eigenvalue weighted by Crippen LogP contribution is -2.39. The van der Waals surface area contributed by atoms with Crippen molar-refractivity contribution in [1.29, 1.82) is 0 Å². The second-order valence-electron chi connectivity index (χ2n) is 5.82. The number of rotatable bonds is 4. The van der Waals surface area contributed by atoms with Crippen LogP contribution in [-0.4, -0.2) is 30.1 Å². The Bertz CT molecular complexity index is 662. The van der Waals surface area contributed by atoms with Crippen LogP contribution in [0.4, 0.5) is 14.9 Å². The number of amides is 2. The fourth-order valence-electron chi connectivity index (χ4n) is 2.85. The summed E-state index contributed by atoms with van der Waals surface area (Å²) in [5, 5.41) is 5.61. The van der Waals surface area contributed by atoms with Crippen LogP contribution >= 0.6 is 0 Å². The van der Waals surface area contributed by atoms with Gasteiger partial charge in [-0.1, -0.05) is 36.4 Å². The number of urea groups is 1. The number of carbonyl (C=O) groups excluding carboxylic acids is 1. The Hall–Kier alpha value is -2.40. The molecule has 2 N–H and O–H groups in total. The van der Waals surface area contributed by atoms with Gasteiger partial charge < -0.3 is 10.6 Å². The first-order valence-corrected chi connectivity index (χ1v) is 7.78. The molecule has 23 heavy (non-hydrogen) atoms. The Labute approximate surface area is 135 Å². The zero-order chi connectivity index (χ0) is 16.1. The van der Waals surface area contributed by atoms with E-state index >= 15 is 0 Å². The van der Waals surface area contributed by atoms with E-state index in [1.165, 1.54) is 17.7 Å². The number of hydrogen-bond acceptors (Lipinski definition) is 2. The van der Waals surface area contributed by atoms with E-state index in [1.54, 1.807) is 12.1 Å². The minimum atomic E-state index is -0.363. The first-order chi connectivity index (χ1) is 11.2. The molecule has 0 aromatic heterocycles. The monoisotopic (exact) mass is 313 g/mol. The smallest absolute Gasteiger partial charge is 0.319 e. The molecular weight excluding hydrogens is 293 g/mol. The third kappa shape index (κ3) is 4.53. The van der Waals surface area contributed by atoms with E-state index in [4.69, 9.17) is 0 Å². The van der Waals surface area contributed by atoms with Gasteiger partial charge in [-0.3, -0.25) is 4.90 Å². The highest BCUT2D eigenvalue weighted by Gasteiger charge is 2.23. The molecular formula is C18H20FN3O. The maximum atomic E-state index is 13.1. The van der Waals surface area contributed by atoms with Crippen molar-refractivity contribution >= 4 is 11.7 Å². The van der Waals surface area contributed by atoms with E-state index in [0.717, 1.165) is 26.1 Å². The van der Waals surface area contributed by atoms with Crippen molar-refractivity contribution < 1.29 is 9.18 Å². The predicted octanol–water partition coefficient (Wildman–Crippen LogP) is 3.22. The molecule has 0 saturated carbocycles. The van der Waals surface area contributed by atoms with Crippen LogP contribution in [0.15, 0.2) is 54.6 Å². The van der Waals surface area contributed by atoms with E-state index in [9.17, 15) is 9.18 Å². The molecule has 0 unspecified atom stereocenters. The summed E-state index contributed by atoms with van der Waals surface area (Å²) in [7, 11) is 0. The maximum absolute atomic E-state index is 13.1. The topological polar surface area (TPSA) is 44.4 Å². The summed E-state index contributed by atoms with van der Waals surface area (Å²) in [5.74, 6) is -0.363. The third-order valence-electron chi connectivity index (χ3n) is 3.94. The third-order valence-corrected chi connectivity index (χ3v) is 3.94. The zero-order valence-corrected chi connectivity index (χ0v) is 12.8. The molecule has 0 bridgehead atoms. The summed E-state index contributed by atoms with van der Waals surface area (Å²) >= 11 is 0. The molecule has 1 fully saturated rings. The van der Waals surface area contributed by atoms with Crippen LogP contribution in [-0.2, 0) is 6.54 Å². The quantitative estimate of drug-likeness (QED) is 0.910. The lowest BCUT2D eigenvalue weighted by molar-refractivity contribution is 0.247. The van der Waals surface area contributed by atoms with Crippen molar-refractivity contribution in [3.8, 4) is 0 Å². The Morgan fingerprint density at radius 2 is 2.00 bits per heavy atom. The van der Waals surface area contributed by atoms with Gasteiger partial charge in [-0.15, -0.1) is 0 Å². The number of carbonyl (C=O) groups is 1. The van der Waals surface area contributed by atoms with Gasteiger partial charge >= 0.3 is 6.03 Å². The molecule has 3 rings (SSSR count). The molecule has 2 aromatic carbocycles. The Morgan fingerprint density at radius 1 is 1.17 bits per heavy atom. The van der Waals surface area contributed by atoms with Crippen molar-refractivity contribution in [2.75, 3.05) is 18.4 Å². The highest BCUT2D eigenvalue weighted by molar-refractivity contribution is 5.89. The van der Waals surface area contributed by atoms with Crippen LogP contribution in [0.1, 0.15) is 12.0 Å². The first-order valence-electron chi connectivity index (χ1n) is 7.78. The van der Waals surface area contributed by atoms with Gasteiger partial charge in [0.2, 0.25) is 0 Å². The highest BCUT2D eigenvalue weighted by atomic mass is 19.1. The second kappa shape index (κ2) is 7.24. The molecule has 0 radical (unpaired) electrons. The highest BCUT2D eigenvalue weighted by Crippen LogP contribution is 2.14. The average Bonchev–Trinajstić information content (AvgIpc) is 2.95. The molecule has 2 aromatic rings. The normalized spacial score (nSPS) is 17.9. The molecule has 1 heterocycles. The fourth-order valence-corrected chi connectivity index (χ4v) is 2.85. The number of nitrogens with zero attached hydrogens (tertiary/aromatic N) is 1. The number of hydrogen-bond donors (Lipinski definition) is 2. The van der Waals surface area contributed by atoms with Gasteiger partial charge in [-0.05, 0) is 30.2 Å². The number of anilines is 1. The zero-order valence-electron chi connectivity index (χ0n) is 12.8. The van der Waals surface area contributed by atoms with Gasteiger partial charge in [0.25, 0.3) is 0 Å². The SMILES string of the molecule is O=C(Nc1cccc(F)c1)N[C@H]1CCN(Cc2ccccc2)C1. The minimum Gasteiger partial charge on any atom is -0.334 e. The van der Waals surface area contributed by atoms with E-state index in [0.29, 0.717) is 5.69 Å². The molecule has 120 valence electrons. The molecule has 0 aliphatic carbocycles. The standard InChI is InChI=1S/C18H20FN3O/c19-15-7-4-8-16(11-15)20-18(23)21-17-9-10-22(13-17)12-14-5-2-1-3-6-14/h1-8,11,17H,9-10,12-13H2,(H2,20,21,23)/t17-/m0/s1. The van der Waals surface area contributed by atoms with Crippen molar-refractivity contribution in [2.45, 2.75) is 19.0 Å². The van der Waals surface area contributed by atoms with E-state index in [-0.39, 0.29) is 17.9 Å². The molecule has 1 saturated heterocycles. The molecule has 1 aliphatic heterocycles. The van der Waals surface area contributed by atoms with Gasteiger partial charge in [0.15, 0.2) is 0 Å². The summed E-state index contributed by atoms with van der Waals surface area (Å²) in [6.07, 6.45) is 0.920. The minimum absolute atomic E-state index is 0.118. The number of nitrogens with one attached hydrogen (secondary N) is 2. The van der Waals surface area contributed by atoms with Crippen LogP contribution in [0.2, 0.25) is 0 Å². The molecule has 0 spiro atoms. The molecule has 2 amide bonds. The molecule has 4 nitrogen and oxygen atoms in total. The number of benzene rings is 2. The lowest BCUT2D eigenvalue weighted by Gasteiger charge is -2.17.